The largest absolute Gasteiger partial charge is 0.364 e. The van der Waals surface area contributed by atoms with Crippen LogP contribution in [0, 0.1) is 6.92 Å². The van der Waals surface area contributed by atoms with Gasteiger partial charge in [0.2, 0.25) is 0 Å². The number of aromatic nitrogens is 4. The molecule has 3 heterocycles. The molecular formula is C14H21N5. The van der Waals surface area contributed by atoms with Gasteiger partial charge in [-0.3, -0.25) is 4.90 Å². The average molecular weight is 259 g/mol. The fourth-order valence-electron chi connectivity index (χ4n) is 2.98. The molecule has 5 nitrogen and oxygen atoms in total. The molecule has 0 aromatic carbocycles. The first-order valence-corrected chi connectivity index (χ1v) is 7.06. The number of nitrogens with one attached hydrogen (secondary N) is 1. The van der Waals surface area contributed by atoms with Gasteiger partial charge in [-0.05, 0) is 45.4 Å². The molecule has 0 spiro atoms. The van der Waals surface area contributed by atoms with Gasteiger partial charge in [-0.25, -0.2) is 4.68 Å². The van der Waals surface area contributed by atoms with Crippen molar-refractivity contribution in [3.8, 4) is 0 Å². The summed E-state index contributed by atoms with van der Waals surface area (Å²) in [5, 5.41) is 8.39. The summed E-state index contributed by atoms with van der Waals surface area (Å²) in [5.74, 6) is 0. The Balaban J connectivity index is 1.80. The molecule has 1 unspecified atom stereocenters. The number of H-pyrrole nitrogens is 1. The fraction of sp³-hybridized carbons (Fsp3) is 0.571. The summed E-state index contributed by atoms with van der Waals surface area (Å²) in [7, 11) is 0. The molecule has 0 saturated carbocycles. The summed E-state index contributed by atoms with van der Waals surface area (Å²) in [5.41, 5.74) is 3.63. The normalized spacial score (nSPS) is 20.2. The molecule has 0 aliphatic carbocycles. The van der Waals surface area contributed by atoms with E-state index in [2.05, 4.69) is 39.3 Å². The number of hydrogen-bond acceptors (Lipinski definition) is 3. The molecular weight excluding hydrogens is 238 g/mol. The van der Waals surface area contributed by atoms with Gasteiger partial charge in [-0.15, -0.1) is 5.10 Å². The second-order valence-electron chi connectivity index (χ2n) is 5.19. The molecule has 0 bridgehead atoms. The number of likely N-dealkylation sites (tertiary alicyclic amines) is 1. The van der Waals surface area contributed by atoms with Crippen molar-refractivity contribution in [1.82, 2.24) is 24.9 Å². The molecule has 2 aromatic heterocycles. The van der Waals surface area contributed by atoms with Crippen LogP contribution in [0.2, 0.25) is 0 Å². The predicted octanol–water partition coefficient (Wildman–Crippen LogP) is 2.27. The highest BCUT2D eigenvalue weighted by molar-refractivity contribution is 5.13. The van der Waals surface area contributed by atoms with Gasteiger partial charge >= 0.3 is 0 Å². The van der Waals surface area contributed by atoms with Crippen LogP contribution in [-0.4, -0.2) is 31.4 Å². The maximum Gasteiger partial charge on any atom is 0.0841 e. The molecule has 1 atom stereocenters. The zero-order valence-corrected chi connectivity index (χ0v) is 11.6. The summed E-state index contributed by atoms with van der Waals surface area (Å²) >= 11 is 0. The van der Waals surface area contributed by atoms with Crippen LogP contribution in [0.3, 0.4) is 0 Å². The van der Waals surface area contributed by atoms with E-state index >= 15 is 0 Å². The second-order valence-corrected chi connectivity index (χ2v) is 5.19. The monoisotopic (exact) mass is 259 g/mol. The van der Waals surface area contributed by atoms with Crippen LogP contribution in [0.15, 0.2) is 18.3 Å². The molecule has 2 aromatic rings. The van der Waals surface area contributed by atoms with Crippen molar-refractivity contribution in [2.45, 2.75) is 45.8 Å². The Bertz CT molecular complexity index is 528. The molecule has 3 rings (SSSR count). The van der Waals surface area contributed by atoms with Crippen LogP contribution in [0.4, 0.5) is 0 Å². The molecule has 1 fully saturated rings. The average Bonchev–Trinajstić information content (AvgIpc) is 3.12. The Kier molecular flexibility index (Phi) is 3.38. The van der Waals surface area contributed by atoms with E-state index in [9.17, 15) is 0 Å². The Morgan fingerprint density at radius 2 is 2.37 bits per heavy atom. The summed E-state index contributed by atoms with van der Waals surface area (Å²) in [6.45, 7) is 7.14. The lowest BCUT2D eigenvalue weighted by Gasteiger charge is -2.24. The third-order valence-electron chi connectivity index (χ3n) is 4.03. The molecule has 1 saturated heterocycles. The topological polar surface area (TPSA) is 49.7 Å². The van der Waals surface area contributed by atoms with Gasteiger partial charge in [0, 0.05) is 25.0 Å². The molecule has 0 amide bonds. The Morgan fingerprint density at radius 3 is 3.11 bits per heavy atom. The number of aryl methyl sites for hydroxylation is 2. The van der Waals surface area contributed by atoms with Crippen molar-refractivity contribution in [3.05, 3.63) is 35.4 Å². The van der Waals surface area contributed by atoms with E-state index in [1.165, 1.54) is 24.2 Å². The standard InChI is InChI=1S/C14H21N5/c1-3-19-14(11(2)16-17-19)10-18-9-5-7-13(18)12-6-4-8-15-12/h4,6,8,13,15H,3,5,7,9-10H2,1-2H3. The van der Waals surface area contributed by atoms with Crippen LogP contribution < -0.4 is 0 Å². The van der Waals surface area contributed by atoms with E-state index in [1.54, 1.807) is 0 Å². The third-order valence-corrected chi connectivity index (χ3v) is 4.03. The summed E-state index contributed by atoms with van der Waals surface area (Å²) in [6, 6.07) is 4.77. The van der Waals surface area contributed by atoms with E-state index < -0.39 is 0 Å². The van der Waals surface area contributed by atoms with Crippen LogP contribution in [0.5, 0.6) is 0 Å². The van der Waals surface area contributed by atoms with E-state index in [4.69, 9.17) is 0 Å². The Labute approximate surface area is 113 Å². The summed E-state index contributed by atoms with van der Waals surface area (Å²) < 4.78 is 2.01. The van der Waals surface area contributed by atoms with E-state index in [0.717, 1.165) is 25.3 Å². The van der Waals surface area contributed by atoms with Crippen molar-refractivity contribution in [3.63, 3.8) is 0 Å². The van der Waals surface area contributed by atoms with Crippen LogP contribution in [0.1, 0.15) is 42.9 Å². The molecule has 1 N–H and O–H groups in total. The van der Waals surface area contributed by atoms with E-state index in [0.29, 0.717) is 6.04 Å². The number of nitrogens with zero attached hydrogens (tertiary/aromatic N) is 4. The number of rotatable bonds is 4. The third kappa shape index (κ3) is 2.30. The fourth-order valence-corrected chi connectivity index (χ4v) is 2.98. The highest BCUT2D eigenvalue weighted by Crippen LogP contribution is 2.32. The van der Waals surface area contributed by atoms with Gasteiger partial charge in [-0.1, -0.05) is 5.21 Å². The SMILES string of the molecule is CCn1nnc(C)c1CN1CCCC1c1ccc[nH]1. The van der Waals surface area contributed by atoms with E-state index in [1.807, 2.05) is 17.8 Å². The number of hydrogen-bond donors (Lipinski definition) is 1. The van der Waals surface area contributed by atoms with Crippen molar-refractivity contribution in [1.29, 1.82) is 0 Å². The van der Waals surface area contributed by atoms with Gasteiger partial charge in [0.15, 0.2) is 0 Å². The molecule has 1 aliphatic rings. The highest BCUT2D eigenvalue weighted by Gasteiger charge is 2.28. The first kappa shape index (κ1) is 12.4. The van der Waals surface area contributed by atoms with Crippen LogP contribution >= 0.6 is 0 Å². The lowest BCUT2D eigenvalue weighted by Crippen LogP contribution is -2.25. The molecule has 0 radical (unpaired) electrons. The van der Waals surface area contributed by atoms with Gasteiger partial charge in [0.25, 0.3) is 0 Å². The lowest BCUT2D eigenvalue weighted by atomic mass is 10.1. The molecule has 1 aliphatic heterocycles. The van der Waals surface area contributed by atoms with Crippen molar-refractivity contribution >= 4 is 0 Å². The minimum absolute atomic E-state index is 0.509. The van der Waals surface area contributed by atoms with Gasteiger partial charge in [-0.2, -0.15) is 0 Å². The van der Waals surface area contributed by atoms with Gasteiger partial charge in [0.1, 0.15) is 0 Å². The first-order valence-electron chi connectivity index (χ1n) is 7.06. The zero-order valence-electron chi connectivity index (χ0n) is 11.6. The van der Waals surface area contributed by atoms with Crippen molar-refractivity contribution in [2.75, 3.05) is 6.54 Å². The maximum atomic E-state index is 4.20. The molecule has 19 heavy (non-hydrogen) atoms. The predicted molar refractivity (Wildman–Crippen MR) is 73.6 cm³/mol. The highest BCUT2D eigenvalue weighted by atomic mass is 15.4. The van der Waals surface area contributed by atoms with Gasteiger partial charge < -0.3 is 4.98 Å². The zero-order chi connectivity index (χ0) is 13.2. The van der Waals surface area contributed by atoms with Crippen LogP contribution in [0.25, 0.3) is 0 Å². The minimum atomic E-state index is 0.509. The van der Waals surface area contributed by atoms with Gasteiger partial charge in [0.05, 0.1) is 17.4 Å². The quantitative estimate of drug-likeness (QED) is 0.916. The smallest absolute Gasteiger partial charge is 0.0841 e. The summed E-state index contributed by atoms with van der Waals surface area (Å²) in [6.07, 6.45) is 4.50. The second kappa shape index (κ2) is 5.17. The Morgan fingerprint density at radius 1 is 1.47 bits per heavy atom. The first-order chi connectivity index (χ1) is 9.29. The van der Waals surface area contributed by atoms with E-state index in [-0.39, 0.29) is 0 Å². The van der Waals surface area contributed by atoms with Crippen molar-refractivity contribution < 1.29 is 0 Å². The van der Waals surface area contributed by atoms with Crippen molar-refractivity contribution in [2.24, 2.45) is 0 Å². The Hall–Kier alpha value is -1.62. The molecule has 102 valence electrons. The number of aromatic amines is 1. The minimum Gasteiger partial charge on any atom is -0.364 e. The lowest BCUT2D eigenvalue weighted by molar-refractivity contribution is 0.237. The van der Waals surface area contributed by atoms with Crippen LogP contribution in [-0.2, 0) is 13.1 Å². The molecule has 5 heteroatoms. The summed E-state index contributed by atoms with van der Waals surface area (Å²) in [4.78, 5) is 5.88. The maximum absolute atomic E-state index is 4.20.